The van der Waals surface area contributed by atoms with E-state index in [1.54, 1.807) is 48.5 Å². The molecule has 2 N–H and O–H groups in total. The molecule has 0 spiro atoms. The Morgan fingerprint density at radius 3 is 1.57 bits per heavy atom. The zero-order valence-corrected chi connectivity index (χ0v) is 18.5. The summed E-state index contributed by atoms with van der Waals surface area (Å²) < 4.78 is 0. The highest BCUT2D eigenvalue weighted by atomic mass is 35.5. The summed E-state index contributed by atoms with van der Waals surface area (Å²) in [5, 5.41) is 0.783. The van der Waals surface area contributed by atoms with Crippen molar-refractivity contribution in [1.82, 2.24) is 5.01 Å². The van der Waals surface area contributed by atoms with Gasteiger partial charge in [0.1, 0.15) is 0 Å². The van der Waals surface area contributed by atoms with E-state index in [1.807, 2.05) is 26.8 Å². The molecule has 28 heavy (non-hydrogen) atoms. The summed E-state index contributed by atoms with van der Waals surface area (Å²) >= 11 is 5.16. The van der Waals surface area contributed by atoms with Gasteiger partial charge in [-0.05, 0) is 51.4 Å². The largest absolute Gasteiger partial charge is 0.295 e. The van der Waals surface area contributed by atoms with Crippen LogP contribution in [0.15, 0.2) is 54.6 Å². The molecule has 0 aliphatic carbocycles. The maximum atomic E-state index is 12.0. The third-order valence-electron chi connectivity index (χ3n) is 3.48. The molecule has 0 bridgehead atoms. The highest BCUT2D eigenvalue weighted by molar-refractivity contribution is 6.67. The van der Waals surface area contributed by atoms with Crippen molar-refractivity contribution in [2.45, 2.75) is 33.2 Å². The first-order chi connectivity index (χ1) is 12.0. The van der Waals surface area contributed by atoms with E-state index in [2.05, 4.69) is 0 Å². The lowest BCUT2D eigenvalue weighted by Gasteiger charge is -2.31. The van der Waals surface area contributed by atoms with Crippen LogP contribution in [0, 0.1) is 0 Å². The fourth-order valence-electron chi connectivity index (χ4n) is 1.86. The maximum Gasteiger partial charge on any atom is 0.268 e. The second-order valence-corrected chi connectivity index (χ2v) is 6.96. The lowest BCUT2D eigenvalue weighted by Crippen LogP contribution is -2.50. The number of nitrogens with zero attached hydrogens (tertiary/aromatic N) is 1. The SMILES string of the molecule is CC(=O)c1ccc(C(=O)N(N)C(C)(C)C)cc1.Cl.Cl.O=C(Cl)c1ccccc1. The molecule has 0 unspecified atom stereocenters. The summed E-state index contributed by atoms with van der Waals surface area (Å²) in [6.45, 7) is 7.06. The zero-order valence-electron chi connectivity index (χ0n) is 16.1. The molecule has 8 heteroatoms. The predicted octanol–water partition coefficient (Wildman–Crippen LogP) is 4.91. The third kappa shape index (κ3) is 8.85. The number of Topliss-reactive ketones (excluding diaryl/α,β-unsaturated/α-hetero) is 1. The number of carbonyl (C=O) groups excluding carboxylic acids is 3. The van der Waals surface area contributed by atoms with Gasteiger partial charge in [-0.3, -0.25) is 19.4 Å². The van der Waals surface area contributed by atoms with Crippen molar-refractivity contribution in [2.24, 2.45) is 5.84 Å². The van der Waals surface area contributed by atoms with Gasteiger partial charge in [0.25, 0.3) is 11.1 Å². The van der Waals surface area contributed by atoms with E-state index in [4.69, 9.17) is 17.4 Å². The van der Waals surface area contributed by atoms with E-state index < -0.39 is 10.8 Å². The first kappa shape index (κ1) is 28.3. The van der Waals surface area contributed by atoms with Crippen molar-refractivity contribution in [3.63, 3.8) is 0 Å². The molecule has 0 saturated carbocycles. The van der Waals surface area contributed by atoms with Gasteiger partial charge in [-0.25, -0.2) is 5.84 Å². The summed E-state index contributed by atoms with van der Waals surface area (Å²) in [5.41, 5.74) is 1.17. The van der Waals surface area contributed by atoms with Crippen molar-refractivity contribution < 1.29 is 14.4 Å². The molecule has 2 aromatic carbocycles. The van der Waals surface area contributed by atoms with Crippen LogP contribution in [0.5, 0.6) is 0 Å². The summed E-state index contributed by atoms with van der Waals surface area (Å²) in [5.74, 6) is 5.46. The highest BCUT2D eigenvalue weighted by Crippen LogP contribution is 2.14. The molecule has 0 radical (unpaired) electrons. The molecule has 0 aromatic heterocycles. The second kappa shape index (κ2) is 12.5. The lowest BCUT2D eigenvalue weighted by molar-refractivity contribution is 0.0581. The Labute approximate surface area is 183 Å². The Bertz CT molecular complexity index is 774. The van der Waals surface area contributed by atoms with Gasteiger partial charge in [-0.1, -0.05) is 42.5 Å². The van der Waals surface area contributed by atoms with Gasteiger partial charge in [0.05, 0.1) is 5.54 Å². The quantitative estimate of drug-likeness (QED) is 0.238. The average molecular weight is 448 g/mol. The fraction of sp³-hybridized carbons (Fsp3) is 0.250. The van der Waals surface area contributed by atoms with Crippen LogP contribution in [0.25, 0.3) is 0 Å². The number of amides is 1. The van der Waals surface area contributed by atoms with E-state index in [0.29, 0.717) is 16.7 Å². The van der Waals surface area contributed by atoms with Crippen molar-refractivity contribution in [2.75, 3.05) is 0 Å². The van der Waals surface area contributed by atoms with Crippen LogP contribution in [0.4, 0.5) is 0 Å². The van der Waals surface area contributed by atoms with Gasteiger partial charge in [0.15, 0.2) is 5.78 Å². The molecule has 1 amide bonds. The number of rotatable bonds is 3. The monoisotopic (exact) mass is 446 g/mol. The van der Waals surface area contributed by atoms with Crippen LogP contribution in [-0.2, 0) is 0 Å². The Kier molecular flexibility index (Phi) is 12.7. The highest BCUT2D eigenvalue weighted by Gasteiger charge is 2.24. The van der Waals surface area contributed by atoms with E-state index in [9.17, 15) is 14.4 Å². The predicted molar refractivity (Wildman–Crippen MR) is 118 cm³/mol. The third-order valence-corrected chi connectivity index (χ3v) is 3.70. The minimum Gasteiger partial charge on any atom is -0.295 e. The van der Waals surface area contributed by atoms with Gasteiger partial charge in [-0.2, -0.15) is 0 Å². The standard InChI is InChI=1S/C13H18N2O2.C7H5ClO.2ClH/c1-9(16)10-5-7-11(8-6-10)12(17)15(14)13(2,3)4;8-7(9)6-4-2-1-3-5-6;;/h5-8H,14H2,1-4H3;1-5H;2*1H. The van der Waals surface area contributed by atoms with Gasteiger partial charge < -0.3 is 0 Å². The fourth-order valence-corrected chi connectivity index (χ4v) is 1.99. The number of nitrogens with two attached hydrogens (primary N) is 1. The first-order valence-electron chi connectivity index (χ1n) is 7.99. The molecule has 0 aliphatic rings. The molecule has 154 valence electrons. The smallest absolute Gasteiger partial charge is 0.268 e. The number of hydrogen-bond acceptors (Lipinski definition) is 4. The van der Waals surface area contributed by atoms with Crippen LogP contribution < -0.4 is 5.84 Å². The van der Waals surface area contributed by atoms with Gasteiger partial charge in [0.2, 0.25) is 0 Å². The van der Waals surface area contributed by atoms with Crippen molar-refractivity contribution >= 4 is 53.3 Å². The molecule has 0 fully saturated rings. The van der Waals surface area contributed by atoms with E-state index in [-0.39, 0.29) is 36.5 Å². The number of hydrazine groups is 1. The Morgan fingerprint density at radius 2 is 1.25 bits per heavy atom. The van der Waals surface area contributed by atoms with Gasteiger partial charge >= 0.3 is 0 Å². The van der Waals surface area contributed by atoms with Crippen molar-refractivity contribution in [3.8, 4) is 0 Å². The number of benzene rings is 2. The lowest BCUT2D eigenvalue weighted by atomic mass is 10.0. The molecule has 0 heterocycles. The molecule has 0 aliphatic heterocycles. The molecule has 5 nitrogen and oxygen atoms in total. The number of carbonyl (C=O) groups is 3. The Hall–Kier alpha value is -1.92. The molecule has 2 aromatic rings. The number of hydrogen-bond donors (Lipinski definition) is 1. The molecular weight excluding hydrogens is 423 g/mol. The summed E-state index contributed by atoms with van der Waals surface area (Å²) in [6.07, 6.45) is 0. The number of halogens is 3. The van der Waals surface area contributed by atoms with Gasteiger partial charge in [-0.15, -0.1) is 24.8 Å². The zero-order chi connectivity index (χ0) is 19.9. The van der Waals surface area contributed by atoms with Gasteiger partial charge in [0, 0.05) is 16.7 Å². The maximum absolute atomic E-state index is 12.0. The second-order valence-electron chi connectivity index (χ2n) is 6.62. The Morgan fingerprint density at radius 1 is 0.821 bits per heavy atom. The average Bonchev–Trinajstić information content (AvgIpc) is 2.61. The van der Waals surface area contributed by atoms with E-state index in [1.165, 1.54) is 11.9 Å². The molecule has 0 atom stereocenters. The number of ketones is 1. The van der Waals surface area contributed by atoms with E-state index >= 15 is 0 Å². The summed E-state index contributed by atoms with van der Waals surface area (Å²) in [4.78, 5) is 33.5. The topological polar surface area (TPSA) is 80.5 Å². The Balaban J connectivity index is 0. The normalized spacial score (nSPS) is 9.64. The van der Waals surface area contributed by atoms with Crippen LogP contribution in [-0.4, -0.2) is 27.5 Å². The van der Waals surface area contributed by atoms with Crippen LogP contribution >= 0.6 is 36.4 Å². The molecular formula is C20H25Cl3N2O3. The minimum atomic E-state index is -0.434. The summed E-state index contributed by atoms with van der Waals surface area (Å²) in [6, 6.07) is 15.2. The van der Waals surface area contributed by atoms with E-state index in [0.717, 1.165) is 0 Å². The molecule has 2 rings (SSSR count). The van der Waals surface area contributed by atoms with Crippen LogP contribution in [0.1, 0.15) is 58.8 Å². The first-order valence-corrected chi connectivity index (χ1v) is 8.37. The summed E-state index contributed by atoms with van der Waals surface area (Å²) in [7, 11) is 0. The minimum absolute atomic E-state index is 0. The van der Waals surface area contributed by atoms with Crippen molar-refractivity contribution in [3.05, 3.63) is 71.3 Å². The van der Waals surface area contributed by atoms with Crippen LogP contribution in [0.3, 0.4) is 0 Å². The van der Waals surface area contributed by atoms with Crippen molar-refractivity contribution in [1.29, 1.82) is 0 Å². The molecule has 0 saturated heterocycles. The van der Waals surface area contributed by atoms with Crippen LogP contribution in [0.2, 0.25) is 0 Å².